The minimum absolute atomic E-state index is 0.000105. The number of nitrogens with zero attached hydrogens (tertiary/aromatic N) is 2. The standard InChI is InChI=1S/C41H51N6O7P/c1-3-53-55(52,54-4-2)21-20-45-40(50)32-17-11-16-30(22-32)26-46-35(24-28-12-7-5-8-13-28)37(48)38(49)36(25-29-14-9-6-10-15-29)47(41(46)51)27-31-18-19-34(42)33(23-31)39(43)44/h5-19,22-23,35-38,48-49H,3-4,20-21,24-27,42H2,1-2H3,(H3,43,44)(H,45,50)/t35?,36-,37+,38+/m1/s1. The van der Waals surface area contributed by atoms with E-state index in [1.165, 1.54) is 0 Å². The van der Waals surface area contributed by atoms with Gasteiger partial charge >= 0.3 is 13.6 Å². The number of hydrogen-bond acceptors (Lipinski definition) is 9. The second-order valence-corrected chi connectivity index (χ2v) is 15.7. The average Bonchev–Trinajstić information content (AvgIpc) is 3.23. The second kappa shape index (κ2) is 19.0. The first-order valence-corrected chi connectivity index (χ1v) is 20.1. The molecule has 292 valence electrons. The second-order valence-electron chi connectivity index (χ2n) is 13.5. The van der Waals surface area contributed by atoms with Gasteiger partial charge in [0.1, 0.15) is 18.0 Å². The van der Waals surface area contributed by atoms with Gasteiger partial charge in [-0.05, 0) is 73.2 Å². The lowest BCUT2D eigenvalue weighted by Gasteiger charge is -2.36. The largest absolute Gasteiger partial charge is 0.398 e. The van der Waals surface area contributed by atoms with Crippen LogP contribution in [0.4, 0.5) is 10.5 Å². The molecule has 0 bridgehead atoms. The van der Waals surface area contributed by atoms with E-state index in [2.05, 4.69) is 5.32 Å². The highest BCUT2D eigenvalue weighted by Gasteiger charge is 2.46. The summed E-state index contributed by atoms with van der Waals surface area (Å²) in [6, 6.07) is 28.6. The molecular formula is C41H51N6O7P. The zero-order valence-electron chi connectivity index (χ0n) is 31.2. The van der Waals surface area contributed by atoms with E-state index in [0.717, 1.165) is 11.1 Å². The lowest BCUT2D eigenvalue weighted by atomic mass is 9.90. The summed E-state index contributed by atoms with van der Waals surface area (Å²) in [5.74, 6) is -0.627. The molecule has 4 aromatic rings. The van der Waals surface area contributed by atoms with Gasteiger partial charge in [0.15, 0.2) is 0 Å². The quantitative estimate of drug-likeness (QED) is 0.0372. The van der Waals surface area contributed by atoms with E-state index in [1.54, 1.807) is 66.1 Å². The zero-order chi connectivity index (χ0) is 39.5. The van der Waals surface area contributed by atoms with E-state index < -0.39 is 43.8 Å². The topological polar surface area (TPSA) is 205 Å². The van der Waals surface area contributed by atoms with Gasteiger partial charge in [0.25, 0.3) is 5.91 Å². The molecule has 14 heteroatoms. The fourth-order valence-corrected chi connectivity index (χ4v) is 8.43. The lowest BCUT2D eigenvalue weighted by Crippen LogP contribution is -2.50. The van der Waals surface area contributed by atoms with Crippen molar-refractivity contribution in [3.05, 3.63) is 137 Å². The summed E-state index contributed by atoms with van der Waals surface area (Å²) in [6.45, 7) is 3.94. The van der Waals surface area contributed by atoms with Crippen LogP contribution < -0.4 is 16.8 Å². The Morgan fingerprint density at radius 3 is 1.80 bits per heavy atom. The number of urea groups is 1. The molecule has 0 aliphatic carbocycles. The van der Waals surface area contributed by atoms with Crippen LogP contribution in [0.5, 0.6) is 0 Å². The maximum Gasteiger partial charge on any atom is 0.332 e. The maximum atomic E-state index is 15.1. The number of nitrogens with one attached hydrogen (secondary N) is 2. The number of aliphatic hydroxyl groups excluding tert-OH is 2. The molecule has 55 heavy (non-hydrogen) atoms. The Hall–Kier alpha value is -5.04. The summed E-state index contributed by atoms with van der Waals surface area (Å²) in [5.41, 5.74) is 15.9. The summed E-state index contributed by atoms with van der Waals surface area (Å²) in [4.78, 5) is 31.5. The first kappa shape index (κ1) is 41.1. The Labute approximate surface area is 322 Å². The van der Waals surface area contributed by atoms with Gasteiger partial charge in [0.2, 0.25) is 0 Å². The van der Waals surface area contributed by atoms with E-state index in [1.807, 2.05) is 60.7 Å². The number of anilines is 1. The smallest absolute Gasteiger partial charge is 0.332 e. The number of nitrogens with two attached hydrogens (primary N) is 2. The van der Waals surface area contributed by atoms with E-state index in [4.69, 9.17) is 25.9 Å². The van der Waals surface area contributed by atoms with Gasteiger partial charge in [0, 0.05) is 36.4 Å². The van der Waals surface area contributed by atoms with Crippen LogP contribution >= 0.6 is 7.60 Å². The Morgan fingerprint density at radius 1 is 0.782 bits per heavy atom. The summed E-state index contributed by atoms with van der Waals surface area (Å²) in [7, 11) is -3.36. The van der Waals surface area contributed by atoms with Crippen molar-refractivity contribution >= 4 is 31.1 Å². The van der Waals surface area contributed by atoms with Crippen molar-refractivity contribution in [3.8, 4) is 0 Å². The van der Waals surface area contributed by atoms with Gasteiger partial charge in [-0.2, -0.15) is 0 Å². The van der Waals surface area contributed by atoms with Gasteiger partial charge in [-0.1, -0.05) is 78.9 Å². The number of rotatable bonds is 17. The Kier molecular flexibility index (Phi) is 14.2. The summed E-state index contributed by atoms with van der Waals surface area (Å²) in [6.07, 6.45) is -2.22. The average molecular weight is 771 g/mol. The van der Waals surface area contributed by atoms with Gasteiger partial charge in [-0.3, -0.25) is 14.8 Å². The minimum atomic E-state index is -3.36. The van der Waals surface area contributed by atoms with Crippen molar-refractivity contribution in [2.45, 2.75) is 64.1 Å². The van der Waals surface area contributed by atoms with Crippen LogP contribution in [-0.2, 0) is 39.5 Å². The van der Waals surface area contributed by atoms with Crippen LogP contribution in [0.1, 0.15) is 52.0 Å². The Morgan fingerprint density at radius 2 is 1.29 bits per heavy atom. The minimum Gasteiger partial charge on any atom is -0.398 e. The molecule has 1 aliphatic rings. The molecule has 1 unspecified atom stereocenters. The highest BCUT2D eigenvalue weighted by molar-refractivity contribution is 7.53. The molecule has 1 fully saturated rings. The van der Waals surface area contributed by atoms with Crippen LogP contribution in [0.25, 0.3) is 0 Å². The third-order valence-electron chi connectivity index (χ3n) is 9.63. The van der Waals surface area contributed by atoms with Crippen LogP contribution in [-0.4, -0.2) is 88.0 Å². The van der Waals surface area contributed by atoms with Gasteiger partial charge in [0.05, 0.1) is 31.5 Å². The van der Waals surface area contributed by atoms with Crippen molar-refractivity contribution in [2.75, 3.05) is 31.7 Å². The fourth-order valence-electron chi connectivity index (χ4n) is 6.92. The predicted molar refractivity (Wildman–Crippen MR) is 213 cm³/mol. The van der Waals surface area contributed by atoms with Crippen LogP contribution in [0.15, 0.2) is 103 Å². The number of amidine groups is 1. The van der Waals surface area contributed by atoms with E-state index in [0.29, 0.717) is 27.9 Å². The molecule has 1 heterocycles. The number of aliphatic hydroxyl groups is 2. The van der Waals surface area contributed by atoms with Crippen LogP contribution in [0.3, 0.4) is 0 Å². The van der Waals surface area contributed by atoms with Crippen LogP contribution in [0.2, 0.25) is 0 Å². The fraction of sp³-hybridized carbons (Fsp3) is 0.341. The number of carbonyl (C=O) groups is 2. The third-order valence-corrected chi connectivity index (χ3v) is 11.7. The molecule has 4 aromatic carbocycles. The number of benzene rings is 4. The van der Waals surface area contributed by atoms with Gasteiger partial charge in [-0.25, -0.2) is 4.79 Å². The van der Waals surface area contributed by atoms with Gasteiger partial charge < -0.3 is 45.8 Å². The van der Waals surface area contributed by atoms with Crippen molar-refractivity contribution in [1.29, 1.82) is 5.41 Å². The molecule has 8 N–H and O–H groups in total. The van der Waals surface area contributed by atoms with Crippen LogP contribution in [0, 0.1) is 5.41 Å². The molecule has 0 saturated carbocycles. The molecule has 4 atom stereocenters. The normalized spacial score (nSPS) is 18.9. The lowest BCUT2D eigenvalue weighted by molar-refractivity contribution is -0.0408. The SMILES string of the molecule is CCOP(=O)(CCNC(=O)c1cccc(CN2C(=O)N(Cc3ccc(N)c(C(=N)N)c3)[C@H](Cc3ccccc3)[C@H](O)[C@@H](O)C2Cc2ccccc2)c1)OCC. The summed E-state index contributed by atoms with van der Waals surface area (Å²) < 4.78 is 23.6. The summed E-state index contributed by atoms with van der Waals surface area (Å²) >= 11 is 0. The maximum absolute atomic E-state index is 15.1. The van der Waals surface area contributed by atoms with E-state index in [-0.39, 0.29) is 57.7 Å². The Balaban J connectivity index is 1.51. The predicted octanol–water partition coefficient (Wildman–Crippen LogP) is 4.93. The third kappa shape index (κ3) is 10.6. The molecule has 5 rings (SSSR count). The molecule has 1 saturated heterocycles. The van der Waals surface area contributed by atoms with Crippen molar-refractivity contribution in [1.82, 2.24) is 15.1 Å². The van der Waals surface area contributed by atoms with Crippen molar-refractivity contribution < 1.29 is 33.4 Å². The molecule has 0 radical (unpaired) electrons. The summed E-state index contributed by atoms with van der Waals surface area (Å²) in [5, 5.41) is 34.9. The molecule has 0 spiro atoms. The Bertz CT molecular complexity index is 1960. The first-order chi connectivity index (χ1) is 26.4. The number of hydrogen-bond donors (Lipinski definition) is 6. The highest BCUT2D eigenvalue weighted by atomic mass is 31.2. The molecule has 0 aromatic heterocycles. The van der Waals surface area contributed by atoms with E-state index >= 15 is 4.79 Å². The number of nitrogen functional groups attached to an aromatic ring is 2. The highest BCUT2D eigenvalue weighted by Crippen LogP contribution is 2.47. The zero-order valence-corrected chi connectivity index (χ0v) is 32.1. The number of carbonyl (C=O) groups excluding carboxylic acids is 2. The molecule has 1 aliphatic heterocycles. The first-order valence-electron chi connectivity index (χ1n) is 18.4. The molecule has 3 amide bonds. The number of amides is 3. The van der Waals surface area contributed by atoms with E-state index in [9.17, 15) is 19.6 Å². The van der Waals surface area contributed by atoms with Crippen molar-refractivity contribution in [2.24, 2.45) is 5.73 Å². The van der Waals surface area contributed by atoms with Gasteiger partial charge in [-0.15, -0.1) is 0 Å². The molecule has 13 nitrogen and oxygen atoms in total. The van der Waals surface area contributed by atoms with Crippen molar-refractivity contribution in [3.63, 3.8) is 0 Å². The molecular weight excluding hydrogens is 719 g/mol. The monoisotopic (exact) mass is 770 g/mol.